The highest BCUT2D eigenvalue weighted by Gasteiger charge is 2.30. The van der Waals surface area contributed by atoms with E-state index >= 15 is 0 Å². The van der Waals surface area contributed by atoms with Crippen molar-refractivity contribution >= 4 is 12.1 Å². The molecule has 1 rings (SSSR count). The van der Waals surface area contributed by atoms with E-state index in [1.54, 1.807) is 39.0 Å². The van der Waals surface area contributed by atoms with Crippen LogP contribution in [-0.2, 0) is 9.53 Å². The average molecular weight is 311 g/mol. The fourth-order valence-corrected chi connectivity index (χ4v) is 1.76. The molecule has 0 heterocycles. The zero-order chi connectivity index (χ0) is 16.9. The number of amides is 1. The second-order valence-corrected chi connectivity index (χ2v) is 5.68. The molecule has 3 N–H and O–H groups in total. The van der Waals surface area contributed by atoms with Gasteiger partial charge in [0.25, 0.3) is 0 Å². The van der Waals surface area contributed by atoms with Gasteiger partial charge in [-0.1, -0.05) is 12.1 Å². The van der Waals surface area contributed by atoms with Crippen molar-refractivity contribution in [1.82, 2.24) is 5.32 Å². The molecule has 0 spiro atoms. The Morgan fingerprint density at radius 1 is 1.27 bits per heavy atom. The molecule has 22 heavy (non-hydrogen) atoms. The Morgan fingerprint density at radius 3 is 2.41 bits per heavy atom. The van der Waals surface area contributed by atoms with Gasteiger partial charge in [-0.3, -0.25) is 0 Å². The third-order valence-electron chi connectivity index (χ3n) is 2.69. The lowest BCUT2D eigenvalue weighted by Crippen LogP contribution is -2.42. The molecule has 0 saturated carbocycles. The number of nitrogens with one attached hydrogen (secondary N) is 1. The summed E-state index contributed by atoms with van der Waals surface area (Å²) in [5.41, 5.74) is -0.350. The number of carbonyl (C=O) groups excluding carboxylic acids is 1. The molecule has 0 aromatic heterocycles. The number of hydrogen-bond donors (Lipinski definition) is 3. The van der Waals surface area contributed by atoms with Crippen molar-refractivity contribution in [3.8, 4) is 5.75 Å². The number of hydrogen-bond acceptors (Lipinski definition) is 5. The summed E-state index contributed by atoms with van der Waals surface area (Å²) < 4.78 is 10.1. The van der Waals surface area contributed by atoms with E-state index in [0.717, 1.165) is 0 Å². The van der Waals surface area contributed by atoms with Gasteiger partial charge in [-0.15, -0.1) is 0 Å². The summed E-state index contributed by atoms with van der Waals surface area (Å²) in [6, 6.07) is 5.25. The minimum absolute atomic E-state index is 0.389. The number of ether oxygens (including phenoxy) is 2. The number of rotatable bonds is 5. The van der Waals surface area contributed by atoms with Crippen LogP contribution in [0.25, 0.3) is 0 Å². The van der Waals surface area contributed by atoms with Crippen LogP contribution in [0.15, 0.2) is 24.3 Å². The van der Waals surface area contributed by atoms with Crippen molar-refractivity contribution in [3.05, 3.63) is 29.8 Å². The molecule has 0 bridgehead atoms. The second-order valence-electron chi connectivity index (χ2n) is 5.68. The van der Waals surface area contributed by atoms with Crippen LogP contribution in [0.1, 0.15) is 32.4 Å². The minimum atomic E-state index is -1.82. The lowest BCUT2D eigenvalue weighted by atomic mass is 10.0. The molecule has 1 aromatic rings. The van der Waals surface area contributed by atoms with Crippen LogP contribution in [-0.4, -0.2) is 41.1 Å². The number of carbonyl (C=O) groups is 2. The molecule has 0 aliphatic heterocycles. The first-order valence-corrected chi connectivity index (χ1v) is 6.68. The molecule has 7 heteroatoms. The van der Waals surface area contributed by atoms with Gasteiger partial charge in [0.1, 0.15) is 11.4 Å². The predicted molar refractivity (Wildman–Crippen MR) is 78.7 cm³/mol. The summed E-state index contributed by atoms with van der Waals surface area (Å²) in [5.74, 6) is -0.977. The van der Waals surface area contributed by atoms with E-state index < -0.39 is 29.8 Å². The van der Waals surface area contributed by atoms with Crippen molar-refractivity contribution in [2.45, 2.75) is 38.5 Å². The van der Waals surface area contributed by atoms with Crippen LogP contribution < -0.4 is 10.1 Å². The first-order chi connectivity index (χ1) is 10.1. The summed E-state index contributed by atoms with van der Waals surface area (Å²) in [5, 5.41) is 21.2. The van der Waals surface area contributed by atoms with Crippen molar-refractivity contribution < 1.29 is 29.3 Å². The van der Waals surface area contributed by atoms with Gasteiger partial charge in [-0.25, -0.2) is 9.59 Å². The highest BCUT2D eigenvalue weighted by atomic mass is 16.6. The Hall–Kier alpha value is -2.28. The van der Waals surface area contributed by atoms with Gasteiger partial charge in [0, 0.05) is 0 Å². The number of aliphatic carboxylic acids is 1. The molecule has 0 saturated heterocycles. The number of carboxylic acids is 1. The van der Waals surface area contributed by atoms with Crippen molar-refractivity contribution in [2.75, 3.05) is 7.11 Å². The normalized spacial score (nSPS) is 13.9. The maximum Gasteiger partial charge on any atom is 0.408 e. The van der Waals surface area contributed by atoms with Gasteiger partial charge in [-0.05, 0) is 38.5 Å². The molecule has 2 atom stereocenters. The number of carboxylic acid groups (broad SMARTS) is 1. The van der Waals surface area contributed by atoms with Gasteiger partial charge < -0.3 is 25.0 Å². The number of benzene rings is 1. The van der Waals surface area contributed by atoms with E-state index in [1.807, 2.05) is 0 Å². The van der Waals surface area contributed by atoms with Gasteiger partial charge in [0.15, 0.2) is 6.10 Å². The number of aliphatic hydroxyl groups is 1. The molecule has 0 fully saturated rings. The SMILES string of the molecule is COc1cccc(C(NC(=O)OC(C)(C)C)C(O)C(=O)O)c1. The molecule has 0 radical (unpaired) electrons. The predicted octanol–water partition coefficient (Wildman–Crippen LogP) is 1.71. The Balaban J connectivity index is 3.03. The first kappa shape index (κ1) is 17.8. The van der Waals surface area contributed by atoms with Crippen molar-refractivity contribution in [1.29, 1.82) is 0 Å². The number of methoxy groups -OCH3 is 1. The van der Waals surface area contributed by atoms with Crippen LogP contribution >= 0.6 is 0 Å². The summed E-state index contributed by atoms with van der Waals surface area (Å²) >= 11 is 0. The lowest BCUT2D eigenvalue weighted by molar-refractivity contribution is -0.148. The van der Waals surface area contributed by atoms with Crippen LogP contribution in [0.4, 0.5) is 4.79 Å². The summed E-state index contributed by atoms with van der Waals surface area (Å²) in [4.78, 5) is 22.9. The van der Waals surface area contributed by atoms with E-state index in [4.69, 9.17) is 14.6 Å². The monoisotopic (exact) mass is 311 g/mol. The molecular weight excluding hydrogens is 290 g/mol. The minimum Gasteiger partial charge on any atom is -0.497 e. The highest BCUT2D eigenvalue weighted by Crippen LogP contribution is 2.23. The summed E-state index contributed by atoms with van der Waals surface area (Å²) in [6.07, 6.45) is -2.64. The van der Waals surface area contributed by atoms with Crippen LogP contribution in [0, 0.1) is 0 Å². The maximum atomic E-state index is 11.9. The Kier molecular flexibility index (Phi) is 5.76. The Morgan fingerprint density at radius 2 is 1.91 bits per heavy atom. The fraction of sp³-hybridized carbons (Fsp3) is 0.467. The molecule has 7 nitrogen and oxygen atoms in total. The molecule has 0 aliphatic carbocycles. The van der Waals surface area contributed by atoms with Crippen LogP contribution in [0.3, 0.4) is 0 Å². The Labute approximate surface area is 128 Å². The van der Waals surface area contributed by atoms with Gasteiger partial charge in [0.2, 0.25) is 0 Å². The van der Waals surface area contributed by atoms with E-state index in [2.05, 4.69) is 5.32 Å². The molecule has 1 aromatic carbocycles. The third-order valence-corrected chi connectivity index (χ3v) is 2.69. The first-order valence-electron chi connectivity index (χ1n) is 6.68. The van der Waals surface area contributed by atoms with E-state index in [1.165, 1.54) is 13.2 Å². The highest BCUT2D eigenvalue weighted by molar-refractivity contribution is 5.76. The molecule has 0 aliphatic rings. The number of aliphatic hydroxyl groups excluding tert-OH is 1. The number of alkyl carbamates (subject to hydrolysis) is 1. The average Bonchev–Trinajstić information content (AvgIpc) is 2.42. The summed E-state index contributed by atoms with van der Waals surface area (Å²) in [7, 11) is 1.46. The molecule has 2 unspecified atom stereocenters. The standard InChI is InChI=1S/C15H21NO6/c1-15(2,3)22-14(20)16-11(12(17)13(18)19)9-6-5-7-10(8-9)21-4/h5-8,11-12,17H,1-4H3,(H,16,20)(H,18,19). The van der Waals surface area contributed by atoms with Crippen LogP contribution in [0.5, 0.6) is 5.75 Å². The molecular formula is C15H21NO6. The van der Waals surface area contributed by atoms with Gasteiger partial charge in [-0.2, -0.15) is 0 Å². The van der Waals surface area contributed by atoms with Crippen molar-refractivity contribution in [2.24, 2.45) is 0 Å². The third kappa shape index (κ3) is 5.25. The molecule has 122 valence electrons. The zero-order valence-corrected chi connectivity index (χ0v) is 13.0. The van der Waals surface area contributed by atoms with E-state index in [-0.39, 0.29) is 0 Å². The summed E-state index contributed by atoms with van der Waals surface area (Å²) in [6.45, 7) is 5.04. The van der Waals surface area contributed by atoms with Gasteiger partial charge >= 0.3 is 12.1 Å². The van der Waals surface area contributed by atoms with Gasteiger partial charge in [0.05, 0.1) is 13.2 Å². The van der Waals surface area contributed by atoms with E-state index in [9.17, 15) is 14.7 Å². The topological polar surface area (TPSA) is 105 Å². The van der Waals surface area contributed by atoms with Crippen molar-refractivity contribution in [3.63, 3.8) is 0 Å². The quantitative estimate of drug-likeness (QED) is 0.764. The zero-order valence-electron chi connectivity index (χ0n) is 13.0. The fourth-order valence-electron chi connectivity index (χ4n) is 1.76. The maximum absolute atomic E-state index is 11.9. The molecule has 1 amide bonds. The van der Waals surface area contributed by atoms with E-state index in [0.29, 0.717) is 11.3 Å². The smallest absolute Gasteiger partial charge is 0.408 e. The lowest BCUT2D eigenvalue weighted by Gasteiger charge is -2.25. The van der Waals surface area contributed by atoms with Crippen LogP contribution in [0.2, 0.25) is 0 Å². The Bertz CT molecular complexity index is 537. The second kappa shape index (κ2) is 7.13. The largest absolute Gasteiger partial charge is 0.497 e.